The van der Waals surface area contributed by atoms with Gasteiger partial charge in [-0.25, -0.2) is 4.99 Å². The van der Waals surface area contributed by atoms with Crippen molar-refractivity contribution in [3.63, 3.8) is 0 Å². The standard InChI is InChI=1S/C20H28N6O2.HI/c1-4-19-25-24-13-26(19)10-9-22-20(23-12-15(2)3)21-8-7-16-5-6-17-18(11-16)28-14-27-17;/h5-6,11,13H,2,4,7-10,12,14H2,1,3H3,(H2,21,22,23);1H. The van der Waals surface area contributed by atoms with E-state index in [1.54, 1.807) is 6.33 Å². The van der Waals surface area contributed by atoms with Crippen molar-refractivity contribution >= 4 is 29.9 Å². The smallest absolute Gasteiger partial charge is 0.231 e. The van der Waals surface area contributed by atoms with Gasteiger partial charge in [0.1, 0.15) is 12.2 Å². The predicted molar refractivity (Wildman–Crippen MR) is 124 cm³/mol. The highest BCUT2D eigenvalue weighted by molar-refractivity contribution is 14.0. The first-order valence-electron chi connectivity index (χ1n) is 9.57. The lowest BCUT2D eigenvalue weighted by Gasteiger charge is -2.14. The first-order valence-corrected chi connectivity index (χ1v) is 9.57. The van der Waals surface area contributed by atoms with Gasteiger partial charge >= 0.3 is 0 Å². The molecule has 2 aromatic rings. The number of aromatic nitrogens is 3. The zero-order valence-corrected chi connectivity index (χ0v) is 19.3. The first kappa shape index (κ1) is 23.0. The van der Waals surface area contributed by atoms with Crippen LogP contribution in [0.4, 0.5) is 0 Å². The average molecular weight is 512 g/mol. The van der Waals surface area contributed by atoms with Crippen molar-refractivity contribution in [1.82, 2.24) is 25.4 Å². The molecule has 1 aliphatic rings. The molecular formula is C20H29IN6O2. The third kappa shape index (κ3) is 6.91. The van der Waals surface area contributed by atoms with Gasteiger partial charge < -0.3 is 24.7 Å². The van der Waals surface area contributed by atoms with Gasteiger partial charge in [0.15, 0.2) is 17.5 Å². The number of guanidine groups is 1. The van der Waals surface area contributed by atoms with E-state index in [4.69, 9.17) is 9.47 Å². The lowest BCUT2D eigenvalue weighted by atomic mass is 10.1. The van der Waals surface area contributed by atoms with E-state index < -0.39 is 0 Å². The summed E-state index contributed by atoms with van der Waals surface area (Å²) < 4.78 is 12.8. The summed E-state index contributed by atoms with van der Waals surface area (Å²) in [6.45, 7) is 11.1. The second-order valence-corrected chi connectivity index (χ2v) is 6.71. The molecule has 0 saturated heterocycles. The Morgan fingerprint density at radius 3 is 2.83 bits per heavy atom. The largest absolute Gasteiger partial charge is 0.454 e. The summed E-state index contributed by atoms with van der Waals surface area (Å²) in [4.78, 5) is 4.58. The molecule has 0 saturated carbocycles. The normalized spacial score (nSPS) is 12.4. The molecule has 2 heterocycles. The molecule has 0 radical (unpaired) electrons. The van der Waals surface area contributed by atoms with Gasteiger partial charge in [-0.15, -0.1) is 34.2 Å². The molecule has 29 heavy (non-hydrogen) atoms. The van der Waals surface area contributed by atoms with Crippen LogP contribution in [0.25, 0.3) is 0 Å². The van der Waals surface area contributed by atoms with Crippen molar-refractivity contribution in [3.05, 3.63) is 48.1 Å². The second kappa shape index (κ2) is 11.6. The van der Waals surface area contributed by atoms with Crippen molar-refractivity contribution in [1.29, 1.82) is 0 Å². The highest BCUT2D eigenvalue weighted by Crippen LogP contribution is 2.32. The van der Waals surface area contributed by atoms with Crippen LogP contribution in [-0.4, -0.2) is 47.2 Å². The fourth-order valence-corrected chi connectivity index (χ4v) is 2.84. The van der Waals surface area contributed by atoms with Crippen molar-refractivity contribution in [3.8, 4) is 11.5 Å². The molecular weight excluding hydrogens is 483 g/mol. The van der Waals surface area contributed by atoms with E-state index >= 15 is 0 Å². The van der Waals surface area contributed by atoms with E-state index in [1.165, 1.54) is 5.56 Å². The summed E-state index contributed by atoms with van der Waals surface area (Å²) in [7, 11) is 0. The molecule has 0 spiro atoms. The minimum Gasteiger partial charge on any atom is -0.454 e. The predicted octanol–water partition coefficient (Wildman–Crippen LogP) is 2.54. The van der Waals surface area contributed by atoms with Gasteiger partial charge in [-0.3, -0.25) is 0 Å². The summed E-state index contributed by atoms with van der Waals surface area (Å²) in [5.74, 6) is 3.38. The number of aliphatic imine (C=N–C) groups is 1. The number of rotatable bonds is 9. The zero-order valence-electron chi connectivity index (χ0n) is 17.0. The minimum atomic E-state index is 0. The Morgan fingerprint density at radius 2 is 2.03 bits per heavy atom. The Hall–Kier alpha value is -2.30. The molecule has 1 aromatic heterocycles. The van der Waals surface area contributed by atoms with Crippen molar-refractivity contribution in [2.24, 2.45) is 4.99 Å². The van der Waals surface area contributed by atoms with E-state index in [1.807, 2.05) is 19.1 Å². The highest BCUT2D eigenvalue weighted by Gasteiger charge is 2.13. The number of halogens is 1. The summed E-state index contributed by atoms with van der Waals surface area (Å²) in [5.41, 5.74) is 2.21. The van der Waals surface area contributed by atoms with E-state index in [0.717, 1.165) is 61.3 Å². The van der Waals surface area contributed by atoms with Gasteiger partial charge in [0, 0.05) is 26.1 Å². The summed E-state index contributed by atoms with van der Waals surface area (Å²) in [6, 6.07) is 6.04. The number of aryl methyl sites for hydroxylation is 1. The van der Waals surface area contributed by atoms with E-state index in [-0.39, 0.29) is 24.0 Å². The first-order chi connectivity index (χ1) is 13.7. The van der Waals surface area contributed by atoms with Crippen molar-refractivity contribution < 1.29 is 9.47 Å². The quantitative estimate of drug-likeness (QED) is 0.233. The minimum absolute atomic E-state index is 0. The second-order valence-electron chi connectivity index (χ2n) is 6.71. The molecule has 2 N–H and O–H groups in total. The Balaban J connectivity index is 0.00000300. The number of hydrogen-bond acceptors (Lipinski definition) is 5. The van der Waals surface area contributed by atoms with Gasteiger partial charge in [0.2, 0.25) is 6.79 Å². The Morgan fingerprint density at radius 1 is 1.24 bits per heavy atom. The summed E-state index contributed by atoms with van der Waals surface area (Å²) in [5, 5.41) is 14.8. The molecule has 0 bridgehead atoms. The fourth-order valence-electron chi connectivity index (χ4n) is 2.84. The summed E-state index contributed by atoms with van der Waals surface area (Å²) >= 11 is 0. The molecule has 1 aliphatic heterocycles. The van der Waals surface area contributed by atoms with Crippen LogP contribution in [0.5, 0.6) is 11.5 Å². The van der Waals surface area contributed by atoms with Crippen molar-refractivity contribution in [2.45, 2.75) is 33.2 Å². The van der Waals surface area contributed by atoms with Crippen molar-refractivity contribution in [2.75, 3.05) is 26.4 Å². The number of nitrogens with one attached hydrogen (secondary N) is 2. The molecule has 0 atom stereocenters. The topological polar surface area (TPSA) is 85.6 Å². The molecule has 158 valence electrons. The number of ether oxygens (including phenoxy) is 2. The van der Waals surface area contributed by atoms with Crippen LogP contribution in [0, 0.1) is 0 Å². The Labute approximate surface area is 188 Å². The van der Waals surface area contributed by atoms with Gasteiger partial charge in [0.25, 0.3) is 0 Å². The van der Waals surface area contributed by atoms with Crippen LogP contribution in [0.1, 0.15) is 25.2 Å². The molecule has 0 fully saturated rings. The van der Waals surface area contributed by atoms with Gasteiger partial charge in [0.05, 0.1) is 6.54 Å². The van der Waals surface area contributed by atoms with E-state index in [2.05, 4.69) is 50.0 Å². The molecule has 3 rings (SSSR count). The zero-order chi connectivity index (χ0) is 19.8. The van der Waals surface area contributed by atoms with Gasteiger partial charge in [-0.2, -0.15) is 0 Å². The SMILES string of the molecule is C=C(C)CN=C(NCCc1ccc2c(c1)OCO2)NCCn1cnnc1CC.I. The molecule has 9 heteroatoms. The van der Waals surface area contributed by atoms with Gasteiger partial charge in [-0.1, -0.05) is 25.1 Å². The third-order valence-electron chi connectivity index (χ3n) is 4.31. The van der Waals surface area contributed by atoms with Crippen LogP contribution in [0.3, 0.4) is 0 Å². The Bertz CT molecular complexity index is 836. The van der Waals surface area contributed by atoms with Crippen LogP contribution < -0.4 is 20.1 Å². The molecule has 0 amide bonds. The molecule has 8 nitrogen and oxygen atoms in total. The van der Waals surface area contributed by atoms with Crippen LogP contribution in [0.15, 0.2) is 41.7 Å². The van der Waals surface area contributed by atoms with E-state index in [9.17, 15) is 0 Å². The maximum atomic E-state index is 5.44. The van der Waals surface area contributed by atoms with Crippen LogP contribution >= 0.6 is 24.0 Å². The number of fused-ring (bicyclic) bond motifs is 1. The maximum Gasteiger partial charge on any atom is 0.231 e. The summed E-state index contributed by atoms with van der Waals surface area (Å²) in [6.07, 6.45) is 3.48. The number of nitrogens with zero attached hydrogens (tertiary/aromatic N) is 4. The van der Waals surface area contributed by atoms with Crippen LogP contribution in [-0.2, 0) is 19.4 Å². The highest BCUT2D eigenvalue weighted by atomic mass is 127. The monoisotopic (exact) mass is 512 g/mol. The molecule has 0 aliphatic carbocycles. The molecule has 1 aromatic carbocycles. The lowest BCUT2D eigenvalue weighted by molar-refractivity contribution is 0.174. The fraction of sp³-hybridized carbons (Fsp3) is 0.450. The Kier molecular flexibility index (Phi) is 9.23. The van der Waals surface area contributed by atoms with Gasteiger partial charge in [-0.05, 0) is 31.0 Å². The lowest BCUT2D eigenvalue weighted by Crippen LogP contribution is -2.40. The van der Waals surface area contributed by atoms with Crippen LogP contribution in [0.2, 0.25) is 0 Å². The number of benzene rings is 1. The maximum absolute atomic E-state index is 5.44. The average Bonchev–Trinajstić information content (AvgIpc) is 3.33. The number of hydrogen-bond donors (Lipinski definition) is 2. The third-order valence-corrected chi connectivity index (χ3v) is 4.31. The van der Waals surface area contributed by atoms with E-state index in [0.29, 0.717) is 13.3 Å². The molecule has 0 unspecified atom stereocenters.